The minimum atomic E-state index is -0.111. The fourth-order valence-corrected chi connectivity index (χ4v) is 2.07. The molecule has 0 unspecified atom stereocenters. The summed E-state index contributed by atoms with van der Waals surface area (Å²) >= 11 is 5.90. The van der Waals surface area contributed by atoms with Crippen LogP contribution in [0.5, 0.6) is 0 Å². The van der Waals surface area contributed by atoms with Gasteiger partial charge in [-0.1, -0.05) is 24.4 Å². The van der Waals surface area contributed by atoms with Crippen molar-refractivity contribution >= 4 is 17.5 Å². The molecule has 80 valence electrons. The lowest BCUT2D eigenvalue weighted by Crippen LogP contribution is -2.32. The van der Waals surface area contributed by atoms with Crippen molar-refractivity contribution in [3.05, 3.63) is 29.0 Å². The maximum atomic E-state index is 11.8. The van der Waals surface area contributed by atoms with E-state index in [0.717, 1.165) is 12.8 Å². The summed E-state index contributed by atoms with van der Waals surface area (Å²) in [5.74, 6) is -0.111. The van der Waals surface area contributed by atoms with Gasteiger partial charge in [0.2, 0.25) is 0 Å². The van der Waals surface area contributed by atoms with Crippen molar-refractivity contribution in [2.24, 2.45) is 0 Å². The number of amides is 1. The van der Waals surface area contributed by atoms with E-state index in [9.17, 15) is 4.79 Å². The van der Waals surface area contributed by atoms with Gasteiger partial charge in [0.15, 0.2) is 0 Å². The number of hydrogen-bond donors (Lipinski definition) is 1. The Bertz CT molecular complexity index is 361. The predicted octanol–water partition coefficient (Wildman–Crippen LogP) is 2.41. The molecule has 1 aromatic rings. The molecular formula is C11H13ClN2O. The van der Waals surface area contributed by atoms with Gasteiger partial charge in [0.05, 0.1) is 10.6 Å². The van der Waals surface area contributed by atoms with Crippen molar-refractivity contribution in [3.63, 3.8) is 0 Å². The smallest absolute Gasteiger partial charge is 0.254 e. The predicted molar refractivity (Wildman–Crippen MR) is 59.0 cm³/mol. The largest absolute Gasteiger partial charge is 0.349 e. The van der Waals surface area contributed by atoms with Crippen LogP contribution in [-0.2, 0) is 0 Å². The Morgan fingerprint density at radius 1 is 1.47 bits per heavy atom. The normalized spacial score (nSPS) is 16.6. The summed E-state index contributed by atoms with van der Waals surface area (Å²) in [4.78, 5) is 15.7. The molecule has 1 aliphatic rings. The number of carbonyl (C=O) groups excluding carboxylic acids is 1. The zero-order valence-electron chi connectivity index (χ0n) is 8.37. The van der Waals surface area contributed by atoms with Crippen LogP contribution in [-0.4, -0.2) is 16.9 Å². The summed E-state index contributed by atoms with van der Waals surface area (Å²) in [5, 5.41) is 3.43. The zero-order chi connectivity index (χ0) is 10.7. The summed E-state index contributed by atoms with van der Waals surface area (Å²) in [6.07, 6.45) is 7.63. The second-order valence-corrected chi connectivity index (χ2v) is 4.22. The Hall–Kier alpha value is -1.09. The number of nitrogens with one attached hydrogen (secondary N) is 1. The van der Waals surface area contributed by atoms with Crippen LogP contribution in [0.25, 0.3) is 0 Å². The highest BCUT2D eigenvalue weighted by molar-refractivity contribution is 6.33. The van der Waals surface area contributed by atoms with E-state index in [-0.39, 0.29) is 5.91 Å². The van der Waals surface area contributed by atoms with Crippen molar-refractivity contribution in [3.8, 4) is 0 Å². The van der Waals surface area contributed by atoms with Gasteiger partial charge in [-0.15, -0.1) is 0 Å². The van der Waals surface area contributed by atoms with E-state index in [0.29, 0.717) is 16.6 Å². The second kappa shape index (κ2) is 4.62. The molecule has 1 heterocycles. The number of aromatic nitrogens is 1. The molecule has 0 aromatic carbocycles. The van der Waals surface area contributed by atoms with E-state index >= 15 is 0 Å². The summed E-state index contributed by atoms with van der Waals surface area (Å²) in [6, 6.07) is 1.94. The highest BCUT2D eigenvalue weighted by Gasteiger charge is 2.19. The lowest BCUT2D eigenvalue weighted by molar-refractivity contribution is 0.0937. The number of rotatable bonds is 2. The van der Waals surface area contributed by atoms with Gasteiger partial charge in [0, 0.05) is 18.4 Å². The number of pyridine rings is 1. The number of halogens is 1. The first-order valence-electron chi connectivity index (χ1n) is 5.18. The van der Waals surface area contributed by atoms with Gasteiger partial charge in [0.1, 0.15) is 0 Å². The molecule has 1 aliphatic carbocycles. The van der Waals surface area contributed by atoms with Gasteiger partial charge >= 0.3 is 0 Å². The maximum absolute atomic E-state index is 11.8. The third kappa shape index (κ3) is 2.48. The molecule has 1 N–H and O–H groups in total. The molecule has 0 saturated heterocycles. The van der Waals surface area contributed by atoms with Crippen LogP contribution in [0.4, 0.5) is 0 Å². The molecule has 1 saturated carbocycles. The molecule has 1 aromatic heterocycles. The van der Waals surface area contributed by atoms with Gasteiger partial charge in [-0.2, -0.15) is 0 Å². The molecular weight excluding hydrogens is 212 g/mol. The number of nitrogens with zero attached hydrogens (tertiary/aromatic N) is 1. The fraction of sp³-hybridized carbons (Fsp3) is 0.455. The first kappa shape index (κ1) is 10.4. The van der Waals surface area contributed by atoms with Crippen LogP contribution >= 0.6 is 11.6 Å². The van der Waals surface area contributed by atoms with Gasteiger partial charge in [-0.25, -0.2) is 0 Å². The van der Waals surface area contributed by atoms with E-state index in [1.807, 2.05) is 0 Å². The lowest BCUT2D eigenvalue weighted by Gasteiger charge is -2.12. The highest BCUT2D eigenvalue weighted by Crippen LogP contribution is 2.19. The van der Waals surface area contributed by atoms with Crippen molar-refractivity contribution in [1.82, 2.24) is 10.3 Å². The minimum Gasteiger partial charge on any atom is -0.349 e. The summed E-state index contributed by atoms with van der Waals surface area (Å²) < 4.78 is 0. The molecule has 3 nitrogen and oxygen atoms in total. The topological polar surface area (TPSA) is 42.0 Å². The molecule has 0 radical (unpaired) electrons. The van der Waals surface area contributed by atoms with Crippen molar-refractivity contribution < 1.29 is 4.79 Å². The molecule has 1 amide bonds. The molecule has 0 bridgehead atoms. The first-order chi connectivity index (χ1) is 7.27. The maximum Gasteiger partial charge on any atom is 0.254 e. The Balaban J connectivity index is 2.04. The van der Waals surface area contributed by atoms with Crippen LogP contribution in [0.3, 0.4) is 0 Å². The van der Waals surface area contributed by atoms with Crippen molar-refractivity contribution in [1.29, 1.82) is 0 Å². The molecule has 0 atom stereocenters. The minimum absolute atomic E-state index is 0.111. The van der Waals surface area contributed by atoms with Crippen LogP contribution < -0.4 is 5.32 Å². The van der Waals surface area contributed by atoms with Crippen LogP contribution in [0.15, 0.2) is 18.5 Å². The van der Waals surface area contributed by atoms with E-state index in [1.165, 1.54) is 19.0 Å². The van der Waals surface area contributed by atoms with Crippen LogP contribution in [0.1, 0.15) is 36.0 Å². The molecule has 2 rings (SSSR count). The fourth-order valence-electron chi connectivity index (χ4n) is 1.88. The molecule has 0 aliphatic heterocycles. The summed E-state index contributed by atoms with van der Waals surface area (Å²) in [6.45, 7) is 0. The third-order valence-electron chi connectivity index (χ3n) is 2.70. The Morgan fingerprint density at radius 3 is 2.87 bits per heavy atom. The van der Waals surface area contributed by atoms with Crippen molar-refractivity contribution in [2.75, 3.05) is 0 Å². The van der Waals surface area contributed by atoms with E-state index < -0.39 is 0 Å². The Morgan fingerprint density at radius 2 is 2.20 bits per heavy atom. The van der Waals surface area contributed by atoms with Crippen LogP contribution in [0.2, 0.25) is 5.02 Å². The van der Waals surface area contributed by atoms with Gasteiger partial charge < -0.3 is 5.32 Å². The lowest BCUT2D eigenvalue weighted by atomic mass is 10.2. The molecule has 15 heavy (non-hydrogen) atoms. The second-order valence-electron chi connectivity index (χ2n) is 3.81. The summed E-state index contributed by atoms with van der Waals surface area (Å²) in [7, 11) is 0. The monoisotopic (exact) mass is 224 g/mol. The van der Waals surface area contributed by atoms with Gasteiger partial charge in [-0.05, 0) is 18.9 Å². The number of carbonyl (C=O) groups is 1. The van der Waals surface area contributed by atoms with E-state index in [1.54, 1.807) is 12.3 Å². The Kier molecular flexibility index (Phi) is 3.21. The molecule has 1 fully saturated rings. The Labute approximate surface area is 93.8 Å². The molecule has 4 heteroatoms. The highest BCUT2D eigenvalue weighted by atomic mass is 35.5. The third-order valence-corrected chi connectivity index (χ3v) is 3.03. The number of hydrogen-bond acceptors (Lipinski definition) is 2. The summed E-state index contributed by atoms with van der Waals surface area (Å²) in [5.41, 5.74) is 0.464. The zero-order valence-corrected chi connectivity index (χ0v) is 9.13. The SMILES string of the molecule is O=C(NC1CCCC1)c1cnccc1Cl. The van der Waals surface area contributed by atoms with Crippen LogP contribution in [0, 0.1) is 0 Å². The molecule has 0 spiro atoms. The average molecular weight is 225 g/mol. The van der Waals surface area contributed by atoms with E-state index in [4.69, 9.17) is 11.6 Å². The quantitative estimate of drug-likeness (QED) is 0.838. The first-order valence-corrected chi connectivity index (χ1v) is 5.55. The van der Waals surface area contributed by atoms with Crippen molar-refractivity contribution in [2.45, 2.75) is 31.7 Å². The van der Waals surface area contributed by atoms with Gasteiger partial charge in [0.25, 0.3) is 5.91 Å². The standard InChI is InChI=1S/C11H13ClN2O/c12-10-5-6-13-7-9(10)11(15)14-8-3-1-2-4-8/h5-8H,1-4H2,(H,14,15). The van der Waals surface area contributed by atoms with E-state index in [2.05, 4.69) is 10.3 Å². The van der Waals surface area contributed by atoms with Gasteiger partial charge in [-0.3, -0.25) is 9.78 Å². The average Bonchev–Trinajstić information content (AvgIpc) is 2.71.